The summed E-state index contributed by atoms with van der Waals surface area (Å²) in [5, 5.41) is 0.0832. The molecule has 8 nitrogen and oxygen atoms in total. The number of hydrogen-bond acceptors (Lipinski definition) is 6. The van der Waals surface area contributed by atoms with E-state index in [1.807, 2.05) is 22.6 Å². The molecule has 0 saturated carbocycles. The van der Waals surface area contributed by atoms with Gasteiger partial charge in [0.25, 0.3) is 5.56 Å². The SMILES string of the molecule is COCO[C@@H]1C[C@H](n2cc(I)c(=O)[nH]c2=O)O[C@@H]1CO[Si](C)(C)C(C)(C)C. The second-order valence-corrected chi connectivity index (χ2v) is 14.2. The number of hydrogen-bond donors (Lipinski definition) is 1. The lowest BCUT2D eigenvalue weighted by Gasteiger charge is -2.37. The lowest BCUT2D eigenvalue weighted by Crippen LogP contribution is -2.44. The molecule has 0 bridgehead atoms. The van der Waals surface area contributed by atoms with Crippen LogP contribution in [-0.2, 0) is 18.6 Å². The summed E-state index contributed by atoms with van der Waals surface area (Å²) < 4.78 is 25.0. The van der Waals surface area contributed by atoms with Crippen molar-refractivity contribution >= 4 is 30.9 Å². The lowest BCUT2D eigenvalue weighted by atomic mass is 10.2. The van der Waals surface area contributed by atoms with Gasteiger partial charge in [0.15, 0.2) is 8.32 Å². The van der Waals surface area contributed by atoms with Crippen LogP contribution in [0, 0.1) is 3.57 Å². The molecule has 1 aromatic rings. The second-order valence-electron chi connectivity index (χ2n) is 8.19. The molecule has 1 saturated heterocycles. The van der Waals surface area contributed by atoms with E-state index in [0.717, 1.165) is 0 Å². The van der Waals surface area contributed by atoms with Gasteiger partial charge in [0, 0.05) is 19.7 Å². The minimum atomic E-state index is -1.95. The predicted octanol–water partition coefficient (Wildman–Crippen LogP) is 2.44. The quantitative estimate of drug-likeness (QED) is 0.343. The summed E-state index contributed by atoms with van der Waals surface area (Å²) in [4.78, 5) is 26.1. The van der Waals surface area contributed by atoms with E-state index in [4.69, 9.17) is 18.6 Å². The molecule has 0 spiro atoms. The monoisotopic (exact) mass is 512 g/mol. The zero-order chi connectivity index (χ0) is 20.4. The van der Waals surface area contributed by atoms with Crippen LogP contribution in [0.25, 0.3) is 0 Å². The van der Waals surface area contributed by atoms with Crippen LogP contribution in [0.1, 0.15) is 33.4 Å². The van der Waals surface area contributed by atoms with Crippen LogP contribution >= 0.6 is 22.6 Å². The molecule has 1 aliphatic rings. The van der Waals surface area contributed by atoms with Crippen LogP contribution in [0.15, 0.2) is 15.8 Å². The smallest absolute Gasteiger partial charge is 0.330 e. The molecule has 0 aromatic carbocycles. The van der Waals surface area contributed by atoms with Gasteiger partial charge >= 0.3 is 5.69 Å². The zero-order valence-corrected chi connectivity index (χ0v) is 19.9. The van der Waals surface area contributed by atoms with Crippen LogP contribution < -0.4 is 11.2 Å². The number of nitrogens with one attached hydrogen (secondary N) is 1. The molecule has 2 rings (SSSR count). The van der Waals surface area contributed by atoms with E-state index in [1.165, 1.54) is 10.8 Å². The van der Waals surface area contributed by atoms with Gasteiger partial charge in [-0.3, -0.25) is 14.3 Å². The molecule has 3 atom stereocenters. The number of rotatable bonds is 7. The molecule has 0 radical (unpaired) electrons. The van der Waals surface area contributed by atoms with E-state index >= 15 is 0 Å². The summed E-state index contributed by atoms with van der Waals surface area (Å²) >= 11 is 1.89. The number of aromatic amines is 1. The maximum Gasteiger partial charge on any atom is 0.330 e. The highest BCUT2D eigenvalue weighted by Crippen LogP contribution is 2.38. The minimum Gasteiger partial charge on any atom is -0.414 e. The highest BCUT2D eigenvalue weighted by molar-refractivity contribution is 14.1. The normalized spacial score (nSPS) is 23.7. The van der Waals surface area contributed by atoms with Gasteiger partial charge in [-0.2, -0.15) is 0 Å². The second kappa shape index (κ2) is 8.87. The molecular formula is C17H29IN2O6Si. The molecule has 1 aliphatic heterocycles. The highest BCUT2D eigenvalue weighted by atomic mass is 127. The Morgan fingerprint density at radius 3 is 2.63 bits per heavy atom. The third kappa shape index (κ3) is 5.51. The molecule has 27 heavy (non-hydrogen) atoms. The van der Waals surface area contributed by atoms with Gasteiger partial charge in [0.2, 0.25) is 0 Å². The largest absolute Gasteiger partial charge is 0.414 e. The average Bonchev–Trinajstić information content (AvgIpc) is 2.96. The van der Waals surface area contributed by atoms with E-state index in [9.17, 15) is 9.59 Å². The van der Waals surface area contributed by atoms with Gasteiger partial charge in [-0.1, -0.05) is 20.8 Å². The van der Waals surface area contributed by atoms with Crippen molar-refractivity contribution in [3.05, 3.63) is 30.6 Å². The third-order valence-electron chi connectivity index (χ3n) is 5.23. The summed E-state index contributed by atoms with van der Waals surface area (Å²) in [6.07, 6.45) is 0.859. The predicted molar refractivity (Wildman–Crippen MR) is 112 cm³/mol. The number of aromatic nitrogens is 2. The first-order chi connectivity index (χ1) is 12.5. The number of H-pyrrole nitrogens is 1. The Hall–Kier alpha value is -0.533. The van der Waals surface area contributed by atoms with Crippen molar-refractivity contribution < 1.29 is 18.6 Å². The van der Waals surface area contributed by atoms with Crippen LogP contribution in [0.3, 0.4) is 0 Å². The molecule has 1 fully saturated rings. The first-order valence-corrected chi connectivity index (χ1v) is 12.9. The summed E-state index contributed by atoms with van der Waals surface area (Å²) in [5.41, 5.74) is -0.901. The van der Waals surface area contributed by atoms with Crippen molar-refractivity contribution in [1.82, 2.24) is 9.55 Å². The van der Waals surface area contributed by atoms with Crippen molar-refractivity contribution in [2.75, 3.05) is 20.5 Å². The van der Waals surface area contributed by atoms with Gasteiger partial charge in [-0.15, -0.1) is 0 Å². The lowest BCUT2D eigenvalue weighted by molar-refractivity contribution is -0.106. The number of methoxy groups -OCH3 is 1. The van der Waals surface area contributed by atoms with Crippen molar-refractivity contribution in [3.8, 4) is 0 Å². The Bertz CT molecular complexity index is 757. The van der Waals surface area contributed by atoms with Crippen molar-refractivity contribution in [1.29, 1.82) is 0 Å². The molecule has 2 heterocycles. The molecule has 0 unspecified atom stereocenters. The Labute approximate surface area is 173 Å². The maximum absolute atomic E-state index is 12.2. The van der Waals surface area contributed by atoms with Gasteiger partial charge < -0.3 is 18.6 Å². The Balaban J connectivity index is 2.18. The molecule has 1 N–H and O–H groups in total. The summed E-state index contributed by atoms with van der Waals surface area (Å²) in [6, 6.07) is 0. The molecular weight excluding hydrogens is 483 g/mol. The van der Waals surface area contributed by atoms with Crippen LogP contribution in [-0.4, -0.2) is 50.6 Å². The van der Waals surface area contributed by atoms with E-state index in [1.54, 1.807) is 7.11 Å². The average molecular weight is 512 g/mol. The first kappa shape index (κ1) is 22.8. The molecule has 0 amide bonds. The summed E-state index contributed by atoms with van der Waals surface area (Å²) in [5.74, 6) is 0. The van der Waals surface area contributed by atoms with E-state index < -0.39 is 25.8 Å². The summed E-state index contributed by atoms with van der Waals surface area (Å²) in [7, 11) is -0.387. The zero-order valence-electron chi connectivity index (χ0n) is 16.7. The minimum absolute atomic E-state index is 0.0832. The molecule has 154 valence electrons. The number of ether oxygens (including phenoxy) is 3. The molecule has 10 heteroatoms. The van der Waals surface area contributed by atoms with Gasteiger partial charge in [-0.05, 0) is 40.7 Å². The maximum atomic E-state index is 12.2. The van der Waals surface area contributed by atoms with Crippen molar-refractivity contribution in [3.63, 3.8) is 0 Å². The van der Waals surface area contributed by atoms with Gasteiger partial charge in [-0.25, -0.2) is 4.79 Å². The first-order valence-electron chi connectivity index (χ1n) is 8.87. The fourth-order valence-electron chi connectivity index (χ4n) is 2.53. The Morgan fingerprint density at radius 2 is 2.04 bits per heavy atom. The Morgan fingerprint density at radius 1 is 1.37 bits per heavy atom. The third-order valence-corrected chi connectivity index (χ3v) is 10.5. The highest BCUT2D eigenvalue weighted by Gasteiger charge is 2.42. The number of halogens is 1. The van der Waals surface area contributed by atoms with Crippen molar-refractivity contribution in [2.24, 2.45) is 0 Å². The fourth-order valence-corrected chi connectivity index (χ4v) is 3.98. The topological polar surface area (TPSA) is 91.8 Å². The van der Waals surface area contributed by atoms with E-state index in [0.29, 0.717) is 16.6 Å². The van der Waals surface area contributed by atoms with Gasteiger partial charge in [0.1, 0.15) is 19.1 Å². The van der Waals surface area contributed by atoms with Crippen molar-refractivity contribution in [2.45, 2.75) is 63.8 Å². The number of nitrogens with zero attached hydrogens (tertiary/aromatic N) is 1. The van der Waals surface area contributed by atoms with Gasteiger partial charge in [0.05, 0.1) is 16.3 Å². The van der Waals surface area contributed by atoms with Crippen LogP contribution in [0.2, 0.25) is 18.1 Å². The Kier molecular flexibility index (Phi) is 7.47. The van der Waals surface area contributed by atoms with E-state index in [2.05, 4.69) is 38.8 Å². The molecule has 0 aliphatic carbocycles. The standard InChI is InChI=1S/C17H29IN2O6Si/c1-17(2,3)27(5,6)25-9-13-12(24-10-23-4)7-14(26-13)20-8-11(18)15(21)19-16(20)22/h8,12-14H,7,9-10H2,1-6H3,(H,19,21,22)/t12-,13-,14-/m1/s1. The van der Waals surface area contributed by atoms with Crippen LogP contribution in [0.5, 0.6) is 0 Å². The van der Waals surface area contributed by atoms with Crippen LogP contribution in [0.4, 0.5) is 0 Å². The molecule has 1 aromatic heterocycles. The van der Waals surface area contributed by atoms with E-state index in [-0.39, 0.29) is 24.0 Å². The fraction of sp³-hybridized carbons (Fsp3) is 0.765. The summed E-state index contributed by atoms with van der Waals surface area (Å²) in [6.45, 7) is 11.4.